The van der Waals surface area contributed by atoms with Crippen LogP contribution < -0.4 is 22.8 Å². The van der Waals surface area contributed by atoms with Gasteiger partial charge in [-0.1, -0.05) is 134 Å². The number of benzene rings is 6. The van der Waals surface area contributed by atoms with Crippen molar-refractivity contribution in [3.05, 3.63) is 306 Å². The summed E-state index contributed by atoms with van der Waals surface area (Å²) in [6.45, 7) is 16.6. The Hall–Kier alpha value is -13.3. The Bertz CT molecular complexity index is 7440. The molecule has 14 aromatic heterocycles. The lowest BCUT2D eigenvalue weighted by atomic mass is 9.97. The number of rotatable bonds is 9. The van der Waals surface area contributed by atoms with Gasteiger partial charge in [0.1, 0.15) is 46.4 Å². The van der Waals surface area contributed by atoms with Crippen molar-refractivity contribution in [1.82, 2.24) is 19.9 Å². The lowest BCUT2D eigenvalue weighted by Gasteiger charge is -2.09. The minimum Gasteiger partial charge on any atom is -0.455 e. The summed E-state index contributed by atoms with van der Waals surface area (Å²) in [5, 5.41) is 10.4. The average Bonchev–Trinajstić information content (AvgIpc) is 1.49. The number of aryl methyl sites for hydroxylation is 10. The molecule has 0 aliphatic heterocycles. The van der Waals surface area contributed by atoms with Crippen LogP contribution in [0.15, 0.2) is 278 Å². The molecule has 117 heavy (non-hydrogen) atoms. The maximum absolute atomic E-state index is 8.46. The molecule has 20 rings (SSSR count). The summed E-state index contributed by atoms with van der Waals surface area (Å²) in [7, 11) is 9.97. The second kappa shape index (κ2) is 32.2. The van der Waals surface area contributed by atoms with Crippen molar-refractivity contribution in [3.8, 4) is 56.3 Å². The van der Waals surface area contributed by atoms with Gasteiger partial charge in [0.05, 0.1) is 27.8 Å². The molecule has 2 atom stereocenters. The van der Waals surface area contributed by atoms with Gasteiger partial charge in [-0.25, -0.2) is 42.8 Å². The summed E-state index contributed by atoms with van der Waals surface area (Å²) < 4.78 is 113. The fourth-order valence-corrected chi connectivity index (χ4v) is 15.8. The van der Waals surface area contributed by atoms with E-state index in [2.05, 4.69) is 186 Å². The highest BCUT2D eigenvalue weighted by Crippen LogP contribution is 2.43. The number of furan rings is 5. The maximum Gasteiger partial charge on any atom is 0.227 e. The number of pyridine rings is 9. The second-order valence-electron chi connectivity index (χ2n) is 30.9. The van der Waals surface area contributed by atoms with E-state index in [1.54, 1.807) is 55.2 Å². The third kappa shape index (κ3) is 14.7. The number of aromatic nitrogens is 9. The van der Waals surface area contributed by atoms with Gasteiger partial charge >= 0.3 is 0 Å². The molecule has 14 heteroatoms. The molecule has 0 bridgehead atoms. The Kier molecular flexibility index (Phi) is 18.4. The summed E-state index contributed by atoms with van der Waals surface area (Å²) in [4.78, 5) is 17.4. The highest BCUT2D eigenvalue weighted by Gasteiger charge is 2.28. The summed E-state index contributed by atoms with van der Waals surface area (Å²) in [5.74, 6) is -3.58. The van der Waals surface area contributed by atoms with Crippen molar-refractivity contribution >= 4 is 110 Å². The molecule has 0 amide bonds. The van der Waals surface area contributed by atoms with Crippen molar-refractivity contribution < 1.29 is 57.3 Å². The van der Waals surface area contributed by atoms with Crippen LogP contribution in [0.5, 0.6) is 0 Å². The van der Waals surface area contributed by atoms with E-state index in [4.69, 9.17) is 34.4 Å². The van der Waals surface area contributed by atoms with Crippen LogP contribution in [-0.2, 0) is 35.2 Å². The Morgan fingerprint density at radius 3 is 0.889 bits per heavy atom. The van der Waals surface area contributed by atoms with E-state index < -0.39 is 31.4 Å². The first-order valence-corrected chi connectivity index (χ1v) is 39.3. The molecule has 0 fully saturated rings. The van der Waals surface area contributed by atoms with Crippen LogP contribution in [0.2, 0.25) is 0 Å². The molecule has 0 N–H and O–H groups in total. The van der Waals surface area contributed by atoms with Gasteiger partial charge in [-0.05, 0) is 169 Å². The molecule has 20 aromatic rings. The highest BCUT2D eigenvalue weighted by molar-refractivity contribution is 6.13. The van der Waals surface area contributed by atoms with Gasteiger partial charge in [-0.15, -0.1) is 0 Å². The van der Waals surface area contributed by atoms with Crippen LogP contribution in [-0.4, -0.2) is 19.9 Å². The Morgan fingerprint density at radius 1 is 0.274 bits per heavy atom. The molecule has 6 aromatic carbocycles. The van der Waals surface area contributed by atoms with Gasteiger partial charge in [0, 0.05) is 152 Å². The Labute approximate surface area is 694 Å². The predicted molar refractivity (Wildman–Crippen MR) is 473 cm³/mol. The lowest BCUT2D eigenvalue weighted by Crippen LogP contribution is -2.31. The van der Waals surface area contributed by atoms with E-state index in [-0.39, 0.29) is 0 Å². The summed E-state index contributed by atoms with van der Waals surface area (Å²) >= 11 is 0. The lowest BCUT2D eigenvalue weighted by molar-refractivity contribution is -0.660. The first-order chi connectivity index (χ1) is 59.9. The van der Waals surface area contributed by atoms with E-state index in [1.165, 1.54) is 36.2 Å². The van der Waals surface area contributed by atoms with Crippen LogP contribution in [0.1, 0.15) is 141 Å². The van der Waals surface area contributed by atoms with Gasteiger partial charge in [0.2, 0.25) is 51.3 Å². The summed E-state index contributed by atoms with van der Waals surface area (Å²) in [6.07, 6.45) is 16.8. The topological polar surface area (TPSA) is 137 Å². The molecule has 582 valence electrons. The largest absolute Gasteiger partial charge is 0.455 e. The smallest absolute Gasteiger partial charge is 0.227 e. The normalized spacial score (nSPS) is 14.1. The number of hydrogen-bond donors (Lipinski definition) is 0. The minimum atomic E-state index is -2.44. The Balaban J connectivity index is 0.000000116. The quantitative estimate of drug-likeness (QED) is 0.129. The molecule has 0 saturated heterocycles. The van der Waals surface area contributed by atoms with Crippen LogP contribution in [0.4, 0.5) is 0 Å². The van der Waals surface area contributed by atoms with Gasteiger partial charge in [0.25, 0.3) is 0 Å². The molecule has 14 heterocycles. The molecule has 0 saturated carbocycles. The predicted octanol–water partition coefficient (Wildman–Crippen LogP) is 24.0. The zero-order valence-corrected chi connectivity index (χ0v) is 68.9. The van der Waals surface area contributed by atoms with Gasteiger partial charge in [-0.3, -0.25) is 0 Å². The summed E-state index contributed by atoms with van der Waals surface area (Å²) in [5.41, 5.74) is 26.5. The third-order valence-electron chi connectivity index (χ3n) is 22.3. The molecule has 0 spiro atoms. The van der Waals surface area contributed by atoms with Crippen LogP contribution >= 0.6 is 0 Å². The van der Waals surface area contributed by atoms with Crippen molar-refractivity contribution in [2.45, 2.75) is 113 Å². The zero-order chi connectivity index (χ0) is 89.5. The SMILES string of the molecule is Cc1ccc2c(oc3ncccc32)c1-c1cc(C(C)C)cc[n+]1C.Cc1ccc2c(oc3ncccc32)c1-c1cccc[n+]1C.[2H]C(C)(C)c1cc[n+](C)c(-c2c(C)ccc3c2oc2ncccc23)c1.[2H]C([2H])([2H])C([2H])(C)c1cc[n+](C)c(-c2c(C)ccc3c2oc2ccccc23)c1.[2H]C([2H])([2H])C([2H])(C)c1cc[n+](C)c(-c2c(C)ccc3c2oc2ncccc23)c1. The number of para-hydroxylation sites is 1. The summed E-state index contributed by atoms with van der Waals surface area (Å²) in [6, 6.07) is 66.4. The van der Waals surface area contributed by atoms with E-state index >= 15 is 0 Å². The zero-order valence-electron chi connectivity index (χ0n) is 77.9. The van der Waals surface area contributed by atoms with Crippen LogP contribution in [0.3, 0.4) is 0 Å². The van der Waals surface area contributed by atoms with Crippen molar-refractivity contribution in [2.75, 3.05) is 0 Å². The second-order valence-corrected chi connectivity index (χ2v) is 30.9. The molecular weight excluding hydrogens is 1440 g/mol. The first-order valence-electron chi connectivity index (χ1n) is 43.8. The minimum absolute atomic E-state index is 0.436. The molecule has 14 nitrogen and oxygen atoms in total. The van der Waals surface area contributed by atoms with E-state index in [9.17, 15) is 0 Å². The van der Waals surface area contributed by atoms with Gasteiger partial charge < -0.3 is 22.1 Å². The molecule has 0 aliphatic rings. The van der Waals surface area contributed by atoms with Gasteiger partial charge in [-0.2, -0.15) is 0 Å². The van der Waals surface area contributed by atoms with E-state index in [0.29, 0.717) is 45.5 Å². The first kappa shape index (κ1) is 67.0. The molecule has 2 unspecified atom stereocenters. The highest BCUT2D eigenvalue weighted by atomic mass is 16.4. The van der Waals surface area contributed by atoms with Crippen molar-refractivity contribution in [3.63, 3.8) is 0 Å². The van der Waals surface area contributed by atoms with Crippen LogP contribution in [0.25, 0.3) is 167 Å². The Morgan fingerprint density at radius 2 is 0.556 bits per heavy atom. The number of nitrogens with zero attached hydrogens (tertiary/aromatic N) is 9. The fourth-order valence-electron chi connectivity index (χ4n) is 15.8. The monoisotopic (exact) mass is 1550 g/mol. The van der Waals surface area contributed by atoms with Crippen LogP contribution in [0, 0.1) is 34.6 Å². The van der Waals surface area contributed by atoms with Gasteiger partial charge in [0.15, 0.2) is 53.3 Å². The number of hydrogen-bond acceptors (Lipinski definition) is 9. The molecular formula is C103H100N9O5+5. The number of fused-ring (bicyclic) bond motifs is 15. The molecule has 0 aliphatic carbocycles. The third-order valence-corrected chi connectivity index (χ3v) is 22.3. The molecule has 0 radical (unpaired) electrons. The van der Waals surface area contributed by atoms with Crippen molar-refractivity contribution in [2.24, 2.45) is 35.2 Å². The maximum atomic E-state index is 8.46. The van der Waals surface area contributed by atoms with Crippen molar-refractivity contribution in [1.29, 1.82) is 0 Å². The van der Waals surface area contributed by atoms with E-state index in [0.717, 1.165) is 155 Å². The standard InChI is InChI=1S/C22H22NO.3C21H21N2O.C18H15N2O/c1-14(2)16-11-12-23(4)19(13-16)21-15(3)9-10-18-17-7-5-6-8-20(17)24-22(18)21;3*1-13(2)15-9-11-23(4)18(12-15)19-14(3)7-8-16-17-6-5-10-22-21(17)24-20(16)19;1-12-8-9-13-14-6-5-10-19-18(14)21-17(13)16(12)15-7-3-4-11-20(15)2/h5-14H,1-4H3;3*5-13H,1-4H3;3-11H,1-2H3/q5*+1/i1D3,14D;1D3,13D;13D;;. The average molecular weight is 1550 g/mol. The van der Waals surface area contributed by atoms with E-state index in [1.807, 2.05) is 155 Å². The fraction of sp³-hybridized carbons (Fsp3) is 0.214.